The Hall–Kier alpha value is -0.940. The summed E-state index contributed by atoms with van der Waals surface area (Å²) in [5.41, 5.74) is 0.838. The number of benzene rings is 1. The van der Waals surface area contributed by atoms with Crippen LogP contribution in [0.1, 0.15) is 31.4 Å². The molecule has 5 heteroatoms. The Morgan fingerprint density at radius 2 is 2.28 bits per heavy atom. The van der Waals surface area contributed by atoms with E-state index in [9.17, 15) is 12.8 Å². The lowest BCUT2D eigenvalue weighted by Gasteiger charge is -2.17. The van der Waals surface area contributed by atoms with E-state index in [2.05, 4.69) is 5.32 Å². The quantitative estimate of drug-likeness (QED) is 0.911. The van der Waals surface area contributed by atoms with E-state index in [1.54, 1.807) is 6.07 Å². The molecule has 0 amide bonds. The third-order valence-electron chi connectivity index (χ3n) is 3.46. The van der Waals surface area contributed by atoms with Crippen LogP contribution in [0.2, 0.25) is 0 Å². The molecule has 0 saturated carbocycles. The Morgan fingerprint density at radius 1 is 1.50 bits per heavy atom. The summed E-state index contributed by atoms with van der Waals surface area (Å²) in [7, 11) is -2.91. The van der Waals surface area contributed by atoms with E-state index < -0.39 is 9.84 Å². The molecule has 1 N–H and O–H groups in total. The lowest BCUT2D eigenvalue weighted by molar-refractivity contribution is 0.534. The molecular formula is C13H18FNO2S. The molecule has 1 aliphatic rings. The second-order valence-electron chi connectivity index (χ2n) is 4.82. The summed E-state index contributed by atoms with van der Waals surface area (Å²) >= 11 is 0. The first-order valence-electron chi connectivity index (χ1n) is 6.19. The predicted molar refractivity (Wildman–Crippen MR) is 69.6 cm³/mol. The van der Waals surface area contributed by atoms with Crippen LogP contribution in [-0.2, 0) is 9.84 Å². The van der Waals surface area contributed by atoms with E-state index in [0.717, 1.165) is 18.4 Å². The fourth-order valence-electron chi connectivity index (χ4n) is 2.29. The molecular weight excluding hydrogens is 253 g/mol. The summed E-state index contributed by atoms with van der Waals surface area (Å²) in [6.07, 6.45) is 1.48. The van der Waals surface area contributed by atoms with Gasteiger partial charge in [-0.3, -0.25) is 0 Å². The molecule has 2 atom stereocenters. The van der Waals surface area contributed by atoms with E-state index in [0.29, 0.717) is 12.3 Å². The molecule has 100 valence electrons. The van der Waals surface area contributed by atoms with Crippen molar-refractivity contribution in [2.24, 2.45) is 0 Å². The van der Waals surface area contributed by atoms with E-state index in [4.69, 9.17) is 0 Å². The van der Waals surface area contributed by atoms with Crippen LogP contribution in [0.5, 0.6) is 0 Å². The SMILES string of the molecule is CC(NCC1CCCS1(=O)=O)c1cccc(F)c1. The van der Waals surface area contributed by atoms with Gasteiger partial charge in [-0.1, -0.05) is 12.1 Å². The summed E-state index contributed by atoms with van der Waals surface area (Å²) in [6, 6.07) is 6.33. The van der Waals surface area contributed by atoms with Gasteiger partial charge in [-0.2, -0.15) is 0 Å². The summed E-state index contributed by atoms with van der Waals surface area (Å²) in [5, 5.41) is 2.89. The highest BCUT2D eigenvalue weighted by Crippen LogP contribution is 2.20. The zero-order valence-corrected chi connectivity index (χ0v) is 11.2. The molecule has 0 aromatic heterocycles. The number of nitrogens with one attached hydrogen (secondary N) is 1. The van der Waals surface area contributed by atoms with Crippen LogP contribution in [0.15, 0.2) is 24.3 Å². The highest BCUT2D eigenvalue weighted by molar-refractivity contribution is 7.92. The fourth-order valence-corrected chi connectivity index (χ4v) is 4.07. The van der Waals surface area contributed by atoms with Gasteiger partial charge >= 0.3 is 0 Å². The second kappa shape index (κ2) is 5.36. The average molecular weight is 271 g/mol. The molecule has 0 spiro atoms. The van der Waals surface area contributed by atoms with Gasteiger partial charge < -0.3 is 5.32 Å². The molecule has 1 aliphatic heterocycles. The predicted octanol–water partition coefficient (Wildman–Crippen LogP) is 2.05. The van der Waals surface area contributed by atoms with Gasteiger partial charge in [-0.05, 0) is 37.5 Å². The van der Waals surface area contributed by atoms with Crippen molar-refractivity contribution in [2.45, 2.75) is 31.1 Å². The van der Waals surface area contributed by atoms with Crippen LogP contribution in [0.3, 0.4) is 0 Å². The van der Waals surface area contributed by atoms with Crippen molar-refractivity contribution < 1.29 is 12.8 Å². The molecule has 1 aromatic carbocycles. The van der Waals surface area contributed by atoms with Gasteiger partial charge in [0.15, 0.2) is 9.84 Å². The normalized spacial score (nSPS) is 24.0. The summed E-state index contributed by atoms with van der Waals surface area (Å²) in [6.45, 7) is 2.36. The van der Waals surface area contributed by atoms with Crippen LogP contribution < -0.4 is 5.32 Å². The van der Waals surface area contributed by atoms with Crippen molar-refractivity contribution in [2.75, 3.05) is 12.3 Å². The molecule has 18 heavy (non-hydrogen) atoms. The van der Waals surface area contributed by atoms with E-state index >= 15 is 0 Å². The Bertz CT molecular complexity index is 515. The van der Waals surface area contributed by atoms with Crippen molar-refractivity contribution in [1.29, 1.82) is 0 Å². The zero-order valence-electron chi connectivity index (χ0n) is 10.4. The average Bonchev–Trinajstić information content (AvgIpc) is 2.65. The molecule has 3 nitrogen and oxygen atoms in total. The van der Waals surface area contributed by atoms with E-state index in [1.807, 2.05) is 13.0 Å². The smallest absolute Gasteiger partial charge is 0.154 e. The van der Waals surface area contributed by atoms with Crippen LogP contribution >= 0.6 is 0 Å². The first-order chi connectivity index (χ1) is 8.49. The molecule has 2 rings (SSSR count). The third kappa shape index (κ3) is 3.09. The summed E-state index contributed by atoms with van der Waals surface area (Å²) < 4.78 is 36.4. The maximum absolute atomic E-state index is 13.1. The summed E-state index contributed by atoms with van der Waals surface area (Å²) in [5.74, 6) is 0.0304. The third-order valence-corrected chi connectivity index (χ3v) is 5.74. The Labute approximate surface area is 107 Å². The Morgan fingerprint density at radius 3 is 2.89 bits per heavy atom. The minimum Gasteiger partial charge on any atom is -0.309 e. The van der Waals surface area contributed by atoms with Crippen molar-refractivity contribution in [1.82, 2.24) is 5.32 Å². The maximum atomic E-state index is 13.1. The molecule has 1 fully saturated rings. The van der Waals surface area contributed by atoms with Crippen molar-refractivity contribution in [3.8, 4) is 0 Å². The lowest BCUT2D eigenvalue weighted by atomic mass is 10.1. The minimum absolute atomic E-state index is 0.0449. The molecule has 1 aromatic rings. The molecule has 0 bridgehead atoms. The molecule has 0 radical (unpaired) electrons. The standard InChI is InChI=1S/C13H18FNO2S/c1-10(11-4-2-5-12(14)8-11)15-9-13-6-3-7-18(13,16)17/h2,4-5,8,10,13,15H,3,6-7,9H2,1H3. The fraction of sp³-hybridized carbons (Fsp3) is 0.538. The topological polar surface area (TPSA) is 46.2 Å². The van der Waals surface area contributed by atoms with Crippen LogP contribution in [0.25, 0.3) is 0 Å². The van der Waals surface area contributed by atoms with Gasteiger partial charge in [-0.25, -0.2) is 12.8 Å². The number of rotatable bonds is 4. The number of halogens is 1. The molecule has 1 saturated heterocycles. The van der Waals surface area contributed by atoms with Gasteiger partial charge in [0.25, 0.3) is 0 Å². The van der Waals surface area contributed by atoms with E-state index in [1.165, 1.54) is 12.1 Å². The number of sulfone groups is 1. The van der Waals surface area contributed by atoms with Crippen LogP contribution in [0, 0.1) is 5.82 Å². The van der Waals surface area contributed by atoms with Gasteiger partial charge in [0, 0.05) is 12.6 Å². The minimum atomic E-state index is -2.91. The van der Waals surface area contributed by atoms with Gasteiger partial charge in [0.1, 0.15) is 5.82 Å². The second-order valence-corrected chi connectivity index (χ2v) is 7.22. The molecule has 1 heterocycles. The van der Waals surface area contributed by atoms with Crippen LogP contribution in [-0.4, -0.2) is 26.0 Å². The highest BCUT2D eigenvalue weighted by Gasteiger charge is 2.31. The van der Waals surface area contributed by atoms with Crippen LogP contribution in [0.4, 0.5) is 4.39 Å². The van der Waals surface area contributed by atoms with E-state index in [-0.39, 0.29) is 17.1 Å². The van der Waals surface area contributed by atoms with Gasteiger partial charge in [0.2, 0.25) is 0 Å². The molecule has 0 aliphatic carbocycles. The van der Waals surface area contributed by atoms with Crippen molar-refractivity contribution >= 4 is 9.84 Å². The first kappa shape index (κ1) is 13.5. The summed E-state index contributed by atoms with van der Waals surface area (Å²) in [4.78, 5) is 0. The zero-order chi connectivity index (χ0) is 13.2. The monoisotopic (exact) mass is 271 g/mol. The van der Waals surface area contributed by atoms with Crippen molar-refractivity contribution in [3.05, 3.63) is 35.6 Å². The largest absolute Gasteiger partial charge is 0.309 e. The Balaban J connectivity index is 1.94. The number of hydrogen-bond acceptors (Lipinski definition) is 3. The maximum Gasteiger partial charge on any atom is 0.154 e. The van der Waals surface area contributed by atoms with Gasteiger partial charge in [0.05, 0.1) is 11.0 Å². The van der Waals surface area contributed by atoms with Gasteiger partial charge in [-0.15, -0.1) is 0 Å². The van der Waals surface area contributed by atoms with Crippen molar-refractivity contribution in [3.63, 3.8) is 0 Å². The first-order valence-corrected chi connectivity index (χ1v) is 7.91. The number of hydrogen-bond donors (Lipinski definition) is 1. The molecule has 2 unspecified atom stereocenters. The Kier molecular flexibility index (Phi) is 4.02. The highest BCUT2D eigenvalue weighted by atomic mass is 32.2. The lowest BCUT2D eigenvalue weighted by Crippen LogP contribution is -2.32.